The summed E-state index contributed by atoms with van der Waals surface area (Å²) in [5.74, 6) is 0.885. The molecule has 0 amide bonds. The highest BCUT2D eigenvalue weighted by Gasteiger charge is 2.15. The molecule has 0 aliphatic carbocycles. The van der Waals surface area contributed by atoms with E-state index in [2.05, 4.69) is 5.10 Å². The second kappa shape index (κ2) is 3.70. The van der Waals surface area contributed by atoms with Crippen LogP contribution in [0, 0.1) is 0 Å². The van der Waals surface area contributed by atoms with Crippen molar-refractivity contribution in [2.45, 2.75) is 6.92 Å². The number of methoxy groups -OCH3 is 1. The Kier molecular flexibility index (Phi) is 2.39. The van der Waals surface area contributed by atoms with Crippen LogP contribution in [0.25, 0.3) is 0 Å². The fourth-order valence-electron chi connectivity index (χ4n) is 1.35. The molecule has 0 unspecified atom stereocenters. The van der Waals surface area contributed by atoms with Crippen molar-refractivity contribution in [3.05, 3.63) is 29.8 Å². The molecule has 1 aromatic rings. The topological polar surface area (TPSA) is 24.6 Å². The van der Waals surface area contributed by atoms with Crippen molar-refractivity contribution in [3.63, 3.8) is 0 Å². The minimum absolute atomic E-state index is 0.885. The van der Waals surface area contributed by atoms with Gasteiger partial charge in [-0.3, -0.25) is 5.01 Å². The van der Waals surface area contributed by atoms with Crippen molar-refractivity contribution < 1.29 is 4.74 Å². The second-order valence-electron chi connectivity index (χ2n) is 3.34. The molecular formula is C11H14N2O. The molecule has 0 radical (unpaired) electrons. The summed E-state index contributed by atoms with van der Waals surface area (Å²) in [4.78, 5) is 0. The Morgan fingerprint density at radius 3 is 2.71 bits per heavy atom. The van der Waals surface area contributed by atoms with E-state index in [1.54, 1.807) is 7.11 Å². The fraction of sp³-hybridized carbons (Fsp3) is 0.364. The molecule has 0 bridgehead atoms. The average Bonchev–Trinajstić information content (AvgIpc) is 3.01. The molecule has 1 heterocycles. The molecule has 1 saturated heterocycles. The lowest BCUT2D eigenvalue weighted by Gasteiger charge is -2.07. The predicted molar refractivity (Wildman–Crippen MR) is 56.8 cm³/mol. The molecule has 0 spiro atoms. The van der Waals surface area contributed by atoms with Crippen LogP contribution in [-0.2, 0) is 0 Å². The van der Waals surface area contributed by atoms with Crippen LogP contribution in [0.3, 0.4) is 0 Å². The first kappa shape index (κ1) is 9.06. The molecule has 1 aromatic carbocycles. The minimum atomic E-state index is 0.885. The molecule has 0 atom stereocenters. The van der Waals surface area contributed by atoms with Gasteiger partial charge in [-0.1, -0.05) is 12.1 Å². The van der Waals surface area contributed by atoms with Gasteiger partial charge >= 0.3 is 0 Å². The Balaban J connectivity index is 2.29. The van der Waals surface area contributed by atoms with Gasteiger partial charge in [-0.2, -0.15) is 5.10 Å². The number of ether oxygens (including phenoxy) is 1. The van der Waals surface area contributed by atoms with Gasteiger partial charge in [-0.25, -0.2) is 0 Å². The second-order valence-corrected chi connectivity index (χ2v) is 3.34. The van der Waals surface area contributed by atoms with E-state index in [-0.39, 0.29) is 0 Å². The van der Waals surface area contributed by atoms with E-state index in [0.29, 0.717) is 0 Å². The van der Waals surface area contributed by atoms with Crippen LogP contribution in [0.4, 0.5) is 0 Å². The smallest absolute Gasteiger partial charge is 0.127 e. The van der Waals surface area contributed by atoms with Crippen LogP contribution in [0.2, 0.25) is 0 Å². The van der Waals surface area contributed by atoms with Crippen molar-refractivity contribution in [2.24, 2.45) is 5.10 Å². The number of hydrogen-bond donors (Lipinski definition) is 0. The molecule has 1 aliphatic heterocycles. The molecule has 1 fully saturated rings. The Morgan fingerprint density at radius 2 is 2.07 bits per heavy atom. The zero-order chi connectivity index (χ0) is 9.97. The lowest BCUT2D eigenvalue weighted by Crippen LogP contribution is -2.01. The van der Waals surface area contributed by atoms with Crippen LogP contribution in [0.1, 0.15) is 12.5 Å². The van der Waals surface area contributed by atoms with E-state index in [9.17, 15) is 0 Å². The maximum Gasteiger partial charge on any atom is 0.127 e. The maximum absolute atomic E-state index is 5.27. The number of hydrogen-bond acceptors (Lipinski definition) is 3. The van der Waals surface area contributed by atoms with Crippen molar-refractivity contribution in [1.29, 1.82) is 0 Å². The van der Waals surface area contributed by atoms with Crippen LogP contribution in [0.5, 0.6) is 5.75 Å². The van der Waals surface area contributed by atoms with Gasteiger partial charge in [0.1, 0.15) is 5.75 Å². The van der Waals surface area contributed by atoms with Gasteiger partial charge in [0.25, 0.3) is 0 Å². The molecule has 0 aromatic heterocycles. The third-order valence-electron chi connectivity index (χ3n) is 2.21. The van der Waals surface area contributed by atoms with Gasteiger partial charge in [0, 0.05) is 5.56 Å². The lowest BCUT2D eigenvalue weighted by atomic mass is 10.1. The van der Waals surface area contributed by atoms with Crippen LogP contribution < -0.4 is 4.74 Å². The summed E-state index contributed by atoms with van der Waals surface area (Å²) in [6, 6.07) is 7.95. The zero-order valence-corrected chi connectivity index (χ0v) is 8.53. The summed E-state index contributed by atoms with van der Waals surface area (Å²) in [5, 5.41) is 6.47. The van der Waals surface area contributed by atoms with Gasteiger partial charge in [0.2, 0.25) is 0 Å². The fourth-order valence-corrected chi connectivity index (χ4v) is 1.35. The Morgan fingerprint density at radius 1 is 1.36 bits per heavy atom. The molecule has 2 rings (SSSR count). The number of rotatable bonds is 3. The predicted octanol–water partition coefficient (Wildman–Crippen LogP) is 1.73. The molecule has 3 heteroatoms. The molecule has 0 N–H and O–H groups in total. The quantitative estimate of drug-likeness (QED) is 0.535. The van der Waals surface area contributed by atoms with E-state index in [1.165, 1.54) is 0 Å². The van der Waals surface area contributed by atoms with Crippen molar-refractivity contribution in [2.75, 3.05) is 20.2 Å². The normalized spacial score (nSPS) is 15.6. The first-order chi connectivity index (χ1) is 6.81. The summed E-state index contributed by atoms with van der Waals surface area (Å²) >= 11 is 0. The molecule has 1 aliphatic rings. The van der Waals surface area contributed by atoms with Gasteiger partial charge in [-0.15, -0.1) is 0 Å². The standard InChI is InChI=1S/C11H14N2O/c1-9(12-13-7-8-13)10-5-3-4-6-11(10)14-2/h3-6H,7-8H2,1-2H3/b12-9+. The summed E-state index contributed by atoms with van der Waals surface area (Å²) in [5.41, 5.74) is 2.09. The summed E-state index contributed by atoms with van der Waals surface area (Å²) in [7, 11) is 1.68. The van der Waals surface area contributed by atoms with Gasteiger partial charge in [-0.05, 0) is 19.1 Å². The molecular weight excluding hydrogens is 176 g/mol. The molecule has 74 valence electrons. The van der Waals surface area contributed by atoms with E-state index in [1.807, 2.05) is 36.2 Å². The van der Waals surface area contributed by atoms with Crippen LogP contribution in [-0.4, -0.2) is 30.9 Å². The SMILES string of the molecule is COc1ccccc1/C(C)=N/N1CC1. The Hall–Kier alpha value is -1.51. The highest BCUT2D eigenvalue weighted by atomic mass is 16.5. The first-order valence-electron chi connectivity index (χ1n) is 4.75. The van der Waals surface area contributed by atoms with Gasteiger partial charge < -0.3 is 4.74 Å². The van der Waals surface area contributed by atoms with Crippen LogP contribution in [0.15, 0.2) is 29.4 Å². The average molecular weight is 190 g/mol. The van der Waals surface area contributed by atoms with Crippen molar-refractivity contribution >= 4 is 5.71 Å². The summed E-state index contributed by atoms with van der Waals surface area (Å²) in [6.45, 7) is 4.16. The largest absolute Gasteiger partial charge is 0.496 e. The third-order valence-corrected chi connectivity index (χ3v) is 2.21. The maximum atomic E-state index is 5.27. The lowest BCUT2D eigenvalue weighted by molar-refractivity contribution is 0.413. The molecule has 14 heavy (non-hydrogen) atoms. The van der Waals surface area contributed by atoms with Gasteiger partial charge in [0.05, 0.1) is 25.9 Å². The van der Waals surface area contributed by atoms with Crippen molar-refractivity contribution in [3.8, 4) is 5.75 Å². The van der Waals surface area contributed by atoms with E-state index >= 15 is 0 Å². The van der Waals surface area contributed by atoms with Crippen LogP contribution >= 0.6 is 0 Å². The summed E-state index contributed by atoms with van der Waals surface area (Å²) in [6.07, 6.45) is 0. The highest BCUT2D eigenvalue weighted by Crippen LogP contribution is 2.19. The number of para-hydroxylation sites is 1. The molecule has 0 saturated carbocycles. The minimum Gasteiger partial charge on any atom is -0.496 e. The molecule has 3 nitrogen and oxygen atoms in total. The Labute approximate surface area is 84.0 Å². The Bertz CT molecular complexity index is 356. The summed E-state index contributed by atoms with van der Waals surface area (Å²) < 4.78 is 5.27. The zero-order valence-electron chi connectivity index (χ0n) is 8.53. The van der Waals surface area contributed by atoms with E-state index < -0.39 is 0 Å². The van der Waals surface area contributed by atoms with E-state index in [0.717, 1.165) is 30.1 Å². The number of nitrogens with zero attached hydrogens (tertiary/aromatic N) is 2. The number of benzene rings is 1. The highest BCUT2D eigenvalue weighted by molar-refractivity contribution is 6.01. The van der Waals surface area contributed by atoms with E-state index in [4.69, 9.17) is 4.74 Å². The third kappa shape index (κ3) is 1.87. The number of hydrazone groups is 1. The first-order valence-corrected chi connectivity index (χ1v) is 4.75. The van der Waals surface area contributed by atoms with Crippen molar-refractivity contribution in [1.82, 2.24) is 5.01 Å². The monoisotopic (exact) mass is 190 g/mol. The van der Waals surface area contributed by atoms with Gasteiger partial charge in [0.15, 0.2) is 0 Å².